The average molecular weight is 694 g/mol. The minimum atomic E-state index is -0.667. The number of amides is 3. The molecule has 2 aliphatic carbocycles. The second-order valence-corrected chi connectivity index (χ2v) is 15.2. The van der Waals surface area contributed by atoms with Gasteiger partial charge in [-0.2, -0.15) is 0 Å². The van der Waals surface area contributed by atoms with Crippen LogP contribution in [0.1, 0.15) is 69.1 Å². The van der Waals surface area contributed by atoms with Crippen molar-refractivity contribution in [2.24, 2.45) is 5.92 Å². The van der Waals surface area contributed by atoms with E-state index in [1.807, 2.05) is 49.9 Å². The van der Waals surface area contributed by atoms with E-state index in [0.29, 0.717) is 62.5 Å². The van der Waals surface area contributed by atoms with Gasteiger partial charge in [0, 0.05) is 57.9 Å². The van der Waals surface area contributed by atoms with Gasteiger partial charge in [-0.1, -0.05) is 42.5 Å². The Hall–Kier alpha value is -4.70. The third kappa shape index (κ3) is 7.52. The third-order valence-electron chi connectivity index (χ3n) is 10.3. The molecule has 1 saturated carbocycles. The van der Waals surface area contributed by atoms with E-state index in [9.17, 15) is 14.4 Å². The van der Waals surface area contributed by atoms with E-state index in [2.05, 4.69) is 36.4 Å². The first-order valence-electron chi connectivity index (χ1n) is 18.1. The average Bonchev–Trinajstić information content (AvgIpc) is 3.87. The fourth-order valence-corrected chi connectivity index (χ4v) is 7.65. The Labute approximate surface area is 299 Å². The van der Waals surface area contributed by atoms with Crippen LogP contribution in [0.15, 0.2) is 60.7 Å². The zero-order chi connectivity index (χ0) is 35.9. The number of Topliss-reactive ketones (excluding diaryl/α,β-unsaturated/α-hetero) is 1. The van der Waals surface area contributed by atoms with Crippen LogP contribution in [0.4, 0.5) is 16.2 Å². The number of fused-ring (bicyclic) bond motifs is 2. The summed E-state index contributed by atoms with van der Waals surface area (Å²) in [5, 5.41) is 0. The van der Waals surface area contributed by atoms with Gasteiger partial charge in [-0.25, -0.2) is 4.79 Å². The number of hydrogen-bond acceptors (Lipinski definition) is 7. The first kappa shape index (κ1) is 34.7. The molecule has 268 valence electrons. The Morgan fingerprint density at radius 2 is 1.73 bits per heavy atom. The van der Waals surface area contributed by atoms with Gasteiger partial charge in [0.05, 0.1) is 11.6 Å². The molecule has 2 fully saturated rings. The Kier molecular flexibility index (Phi) is 9.63. The molecule has 3 amide bonds. The van der Waals surface area contributed by atoms with E-state index in [4.69, 9.17) is 14.2 Å². The minimum absolute atomic E-state index is 0.0238. The highest BCUT2D eigenvalue weighted by Crippen LogP contribution is 2.43. The van der Waals surface area contributed by atoms with Gasteiger partial charge in [-0.15, -0.1) is 0 Å². The Balaban J connectivity index is 1.22. The predicted molar refractivity (Wildman–Crippen MR) is 194 cm³/mol. The lowest BCUT2D eigenvalue weighted by Gasteiger charge is -2.41. The molecule has 0 N–H and O–H groups in total. The van der Waals surface area contributed by atoms with Crippen LogP contribution < -0.4 is 14.5 Å². The van der Waals surface area contributed by atoms with Crippen molar-refractivity contribution in [3.63, 3.8) is 0 Å². The molecule has 0 unspecified atom stereocenters. The van der Waals surface area contributed by atoms with Crippen LogP contribution in [0, 0.1) is 5.92 Å². The van der Waals surface area contributed by atoms with Crippen LogP contribution in [0.25, 0.3) is 11.1 Å². The van der Waals surface area contributed by atoms with Gasteiger partial charge < -0.3 is 28.9 Å². The zero-order valence-electron chi connectivity index (χ0n) is 30.0. The van der Waals surface area contributed by atoms with Gasteiger partial charge >= 0.3 is 6.09 Å². The summed E-state index contributed by atoms with van der Waals surface area (Å²) in [4.78, 5) is 58.8. The lowest BCUT2D eigenvalue weighted by Crippen LogP contribution is -2.51. The SMILES string of the molecule is COCCCN1C(=O)COc2ccc(N(C(=O)[C@H]3CN(C(=O)OC(C)(C)C)CC[C@@H]3c3cccc(-c4ccc5c(c4)CC(=O)C5)c3)C3CC3)cc21. The smallest absolute Gasteiger partial charge is 0.410 e. The maximum absolute atomic E-state index is 15.0. The summed E-state index contributed by atoms with van der Waals surface area (Å²) < 4.78 is 16.8. The van der Waals surface area contributed by atoms with Crippen molar-refractivity contribution < 1.29 is 33.4 Å². The molecule has 2 atom stereocenters. The quantitative estimate of drug-likeness (QED) is 0.242. The number of carbonyl (C=O) groups excluding carboxylic acids is 4. The molecule has 0 aromatic heterocycles. The number of anilines is 2. The van der Waals surface area contributed by atoms with E-state index in [-0.39, 0.29) is 42.7 Å². The summed E-state index contributed by atoms with van der Waals surface area (Å²) in [7, 11) is 1.64. The zero-order valence-corrected chi connectivity index (χ0v) is 30.0. The second-order valence-electron chi connectivity index (χ2n) is 15.2. The van der Waals surface area contributed by atoms with Crippen molar-refractivity contribution in [1.29, 1.82) is 0 Å². The van der Waals surface area contributed by atoms with E-state index in [1.54, 1.807) is 16.9 Å². The molecule has 3 aromatic carbocycles. The van der Waals surface area contributed by atoms with Gasteiger partial charge in [-0.05, 0) is 98.4 Å². The van der Waals surface area contributed by atoms with Crippen LogP contribution in [-0.2, 0) is 36.7 Å². The predicted octanol–water partition coefficient (Wildman–Crippen LogP) is 6.32. The first-order valence-corrected chi connectivity index (χ1v) is 18.1. The van der Waals surface area contributed by atoms with Crippen molar-refractivity contribution in [1.82, 2.24) is 4.90 Å². The van der Waals surface area contributed by atoms with Crippen LogP contribution in [0.2, 0.25) is 0 Å². The standard InChI is InChI=1S/C41H47N3O7/c1-41(2,3)51-40(48)42-17-15-34(29-8-5-7-26(19-29)27-9-10-28-21-33(45)22-30(28)20-27)35(24-42)39(47)44(31-11-12-31)32-13-14-37-36(23-32)43(16-6-18-49-4)38(46)25-50-37/h5,7-10,13-14,19-20,23,31,34-35H,6,11-12,15-18,21-22,24-25H2,1-4H3/t34-,35+/m1/s1. The molecule has 10 nitrogen and oxygen atoms in total. The number of rotatable bonds is 9. The Morgan fingerprint density at radius 1 is 0.941 bits per heavy atom. The Morgan fingerprint density at radius 3 is 2.49 bits per heavy atom. The second kappa shape index (κ2) is 14.1. The van der Waals surface area contributed by atoms with Crippen molar-refractivity contribution >= 4 is 35.1 Å². The molecule has 4 aliphatic rings. The molecule has 7 rings (SSSR count). The maximum atomic E-state index is 15.0. The number of hydrogen-bond donors (Lipinski definition) is 0. The third-order valence-corrected chi connectivity index (χ3v) is 10.3. The molecule has 0 bridgehead atoms. The summed E-state index contributed by atoms with van der Waals surface area (Å²) in [6.45, 7) is 7.20. The van der Waals surface area contributed by atoms with Crippen LogP contribution in [-0.4, -0.2) is 80.2 Å². The number of nitrogens with zero attached hydrogens (tertiary/aromatic N) is 3. The fourth-order valence-electron chi connectivity index (χ4n) is 7.65. The first-order chi connectivity index (χ1) is 24.5. The maximum Gasteiger partial charge on any atom is 0.410 e. The molecular formula is C41H47N3O7. The number of ether oxygens (including phenoxy) is 3. The Bertz CT molecular complexity index is 1840. The highest BCUT2D eigenvalue weighted by Gasteiger charge is 2.44. The molecule has 51 heavy (non-hydrogen) atoms. The van der Waals surface area contributed by atoms with Crippen LogP contribution in [0.5, 0.6) is 5.75 Å². The van der Waals surface area contributed by atoms with E-state index in [0.717, 1.165) is 40.7 Å². The molecule has 1 saturated heterocycles. The van der Waals surface area contributed by atoms with Gasteiger partial charge in [0.15, 0.2) is 6.61 Å². The molecular weight excluding hydrogens is 646 g/mol. The van der Waals surface area contributed by atoms with E-state index in [1.165, 1.54) is 0 Å². The molecule has 0 spiro atoms. The van der Waals surface area contributed by atoms with Gasteiger partial charge in [0.1, 0.15) is 17.1 Å². The number of likely N-dealkylation sites (tertiary alicyclic amines) is 1. The van der Waals surface area contributed by atoms with Gasteiger partial charge in [0.25, 0.3) is 5.91 Å². The summed E-state index contributed by atoms with van der Waals surface area (Å²) in [6, 6.07) is 20.3. The molecule has 2 aliphatic heterocycles. The highest BCUT2D eigenvalue weighted by atomic mass is 16.6. The normalized spacial score (nSPS) is 20.1. The van der Waals surface area contributed by atoms with Gasteiger partial charge in [0.2, 0.25) is 5.91 Å². The largest absolute Gasteiger partial charge is 0.482 e. The monoisotopic (exact) mass is 693 g/mol. The van der Waals surface area contributed by atoms with Crippen LogP contribution in [0.3, 0.4) is 0 Å². The van der Waals surface area contributed by atoms with Crippen molar-refractivity contribution in [3.05, 3.63) is 77.4 Å². The van der Waals surface area contributed by atoms with Crippen LogP contribution >= 0.6 is 0 Å². The fraction of sp³-hybridized carbons (Fsp3) is 0.463. The number of carbonyl (C=O) groups is 4. The van der Waals surface area contributed by atoms with Gasteiger partial charge in [-0.3, -0.25) is 14.4 Å². The lowest BCUT2D eigenvalue weighted by atomic mass is 9.78. The molecule has 10 heteroatoms. The summed E-state index contributed by atoms with van der Waals surface area (Å²) in [6.07, 6.45) is 3.55. The summed E-state index contributed by atoms with van der Waals surface area (Å²) >= 11 is 0. The number of piperidine rings is 1. The minimum Gasteiger partial charge on any atom is -0.482 e. The number of methoxy groups -OCH3 is 1. The molecule has 2 heterocycles. The topological polar surface area (TPSA) is 106 Å². The number of ketones is 1. The van der Waals surface area contributed by atoms with Crippen molar-refractivity contribution in [2.45, 2.75) is 76.9 Å². The summed E-state index contributed by atoms with van der Waals surface area (Å²) in [5.74, 6) is -0.0150. The van der Waals surface area contributed by atoms with E-state index >= 15 is 4.79 Å². The van der Waals surface area contributed by atoms with Crippen molar-refractivity contribution in [2.75, 3.05) is 49.8 Å². The summed E-state index contributed by atoms with van der Waals surface area (Å²) in [5.41, 5.74) is 5.98. The molecule has 0 radical (unpaired) electrons. The highest BCUT2D eigenvalue weighted by molar-refractivity contribution is 6.01. The van der Waals surface area contributed by atoms with Crippen molar-refractivity contribution in [3.8, 4) is 16.9 Å². The van der Waals surface area contributed by atoms with E-state index < -0.39 is 17.6 Å². The lowest BCUT2D eigenvalue weighted by molar-refractivity contribution is -0.125. The number of benzene rings is 3. The molecule has 3 aromatic rings.